The molecule has 0 bridgehead atoms. The van der Waals surface area contributed by atoms with Crippen molar-refractivity contribution in [2.75, 3.05) is 0 Å². The normalized spacial score (nSPS) is 17.8. The number of amidine groups is 1. The number of benzene rings is 2. The predicted molar refractivity (Wildman–Crippen MR) is 119 cm³/mol. The second-order valence-corrected chi connectivity index (χ2v) is 8.31. The van der Waals surface area contributed by atoms with E-state index in [0.29, 0.717) is 25.9 Å². The number of ether oxygens (including phenoxy) is 1. The lowest BCUT2D eigenvalue weighted by molar-refractivity contribution is -0.115. The highest BCUT2D eigenvalue weighted by atomic mass is 35.5. The Bertz CT molecular complexity index is 973. The van der Waals surface area contributed by atoms with Gasteiger partial charge in [-0.15, -0.1) is 0 Å². The summed E-state index contributed by atoms with van der Waals surface area (Å²) in [6.07, 6.45) is 2.77. The van der Waals surface area contributed by atoms with Crippen molar-refractivity contribution in [3.63, 3.8) is 0 Å². The van der Waals surface area contributed by atoms with Crippen LogP contribution in [0.15, 0.2) is 46.3 Å². The predicted octanol–water partition coefficient (Wildman–Crippen LogP) is 6.37. The first-order valence-electron chi connectivity index (χ1n) is 8.87. The van der Waals surface area contributed by atoms with Gasteiger partial charge in [0.15, 0.2) is 5.17 Å². The minimum Gasteiger partial charge on any atom is -0.489 e. The molecule has 0 aromatic heterocycles. The topological polar surface area (TPSA) is 50.7 Å². The number of thioether (sulfide) groups is 1. The molecule has 0 aliphatic carbocycles. The third kappa shape index (κ3) is 5.10. The molecular formula is C21H20Cl2N2O2S. The Morgan fingerprint density at radius 3 is 2.75 bits per heavy atom. The number of halogens is 2. The van der Waals surface area contributed by atoms with E-state index in [2.05, 4.69) is 17.2 Å². The third-order valence-corrected chi connectivity index (χ3v) is 5.64. The molecule has 3 rings (SSSR count). The van der Waals surface area contributed by atoms with E-state index in [-0.39, 0.29) is 12.0 Å². The Hall–Kier alpha value is -1.95. The van der Waals surface area contributed by atoms with E-state index in [0.717, 1.165) is 23.2 Å². The minimum atomic E-state index is -0.195. The number of aryl methyl sites for hydroxylation is 1. The molecule has 1 N–H and O–H groups in total. The van der Waals surface area contributed by atoms with Crippen LogP contribution in [0.1, 0.15) is 31.4 Å². The summed E-state index contributed by atoms with van der Waals surface area (Å²) in [5.41, 5.74) is 2.53. The molecule has 146 valence electrons. The Morgan fingerprint density at radius 1 is 1.25 bits per heavy atom. The van der Waals surface area contributed by atoms with Gasteiger partial charge in [-0.3, -0.25) is 4.79 Å². The van der Waals surface area contributed by atoms with Crippen molar-refractivity contribution in [3.8, 4) is 5.75 Å². The number of nitrogens with one attached hydrogen (secondary N) is 1. The summed E-state index contributed by atoms with van der Waals surface area (Å²) in [4.78, 5) is 17.4. The van der Waals surface area contributed by atoms with Crippen LogP contribution in [0.2, 0.25) is 10.0 Å². The number of amides is 1. The molecule has 1 atom stereocenters. The molecule has 4 nitrogen and oxygen atoms in total. The number of carbonyl (C=O) groups is 1. The maximum absolute atomic E-state index is 12.3. The molecule has 1 fully saturated rings. The molecule has 0 spiro atoms. The highest BCUT2D eigenvalue weighted by Crippen LogP contribution is 2.32. The molecule has 0 unspecified atom stereocenters. The van der Waals surface area contributed by atoms with Crippen molar-refractivity contribution in [2.45, 2.75) is 33.3 Å². The monoisotopic (exact) mass is 434 g/mol. The summed E-state index contributed by atoms with van der Waals surface area (Å²) in [6.45, 7) is 5.99. The molecule has 2 aromatic carbocycles. The fourth-order valence-electron chi connectivity index (χ4n) is 2.45. The number of hydrogen-bond donors (Lipinski definition) is 1. The minimum absolute atomic E-state index is 0.0894. The molecule has 1 aliphatic heterocycles. The van der Waals surface area contributed by atoms with Gasteiger partial charge in [-0.05, 0) is 73.5 Å². The lowest BCUT2D eigenvalue weighted by atomic mass is 10.2. The zero-order valence-electron chi connectivity index (χ0n) is 15.8. The molecule has 1 amide bonds. The van der Waals surface area contributed by atoms with Crippen molar-refractivity contribution < 1.29 is 9.53 Å². The van der Waals surface area contributed by atoms with Gasteiger partial charge in [-0.25, -0.2) is 4.99 Å². The number of nitrogens with zero attached hydrogens (tertiary/aromatic N) is 1. The molecule has 1 saturated heterocycles. The summed E-state index contributed by atoms with van der Waals surface area (Å²) in [5.74, 6) is 0.444. The van der Waals surface area contributed by atoms with Gasteiger partial charge in [-0.1, -0.05) is 42.3 Å². The van der Waals surface area contributed by atoms with E-state index in [9.17, 15) is 4.79 Å². The van der Waals surface area contributed by atoms with Crippen LogP contribution in [0.4, 0.5) is 5.69 Å². The largest absolute Gasteiger partial charge is 0.489 e. The number of rotatable bonds is 5. The van der Waals surface area contributed by atoms with Crippen LogP contribution in [-0.4, -0.2) is 17.2 Å². The molecule has 7 heteroatoms. The maximum Gasteiger partial charge on any atom is 0.264 e. The van der Waals surface area contributed by atoms with Crippen molar-refractivity contribution in [1.29, 1.82) is 0 Å². The van der Waals surface area contributed by atoms with Crippen LogP contribution >= 0.6 is 35.0 Å². The average Bonchev–Trinajstić information content (AvgIpc) is 2.99. The van der Waals surface area contributed by atoms with Gasteiger partial charge in [0.25, 0.3) is 5.91 Å². The lowest BCUT2D eigenvalue weighted by Crippen LogP contribution is -2.19. The Kier molecular flexibility index (Phi) is 6.70. The van der Waals surface area contributed by atoms with Crippen LogP contribution < -0.4 is 10.1 Å². The first-order chi connectivity index (χ1) is 13.4. The molecule has 1 heterocycles. The molecular weight excluding hydrogens is 415 g/mol. The first kappa shape index (κ1) is 20.8. The quantitative estimate of drug-likeness (QED) is 0.555. The van der Waals surface area contributed by atoms with E-state index < -0.39 is 0 Å². The van der Waals surface area contributed by atoms with Gasteiger partial charge in [0, 0.05) is 5.02 Å². The lowest BCUT2D eigenvalue weighted by Gasteiger charge is -2.14. The van der Waals surface area contributed by atoms with Crippen molar-refractivity contribution in [2.24, 2.45) is 4.99 Å². The summed E-state index contributed by atoms with van der Waals surface area (Å²) in [6, 6.07) is 11.0. The average molecular weight is 435 g/mol. The number of carbonyl (C=O) groups excluding carboxylic acids is 1. The highest BCUT2D eigenvalue weighted by molar-refractivity contribution is 8.18. The van der Waals surface area contributed by atoms with Crippen molar-refractivity contribution in [3.05, 3.63) is 62.5 Å². The Morgan fingerprint density at radius 2 is 2.04 bits per heavy atom. The fraction of sp³-hybridized carbons (Fsp3) is 0.238. The van der Waals surface area contributed by atoms with E-state index in [1.54, 1.807) is 18.2 Å². The van der Waals surface area contributed by atoms with Crippen LogP contribution in [0.5, 0.6) is 5.75 Å². The van der Waals surface area contributed by atoms with Crippen LogP contribution in [-0.2, 0) is 4.79 Å². The van der Waals surface area contributed by atoms with Crippen molar-refractivity contribution in [1.82, 2.24) is 5.32 Å². The molecule has 2 aromatic rings. The van der Waals surface area contributed by atoms with E-state index >= 15 is 0 Å². The molecule has 28 heavy (non-hydrogen) atoms. The SMILES string of the molecule is CC[C@@H](C)Oc1ccc(/C=C2\SC(=Nc3cc(Cl)ccc3C)NC2=O)cc1Cl. The van der Waals surface area contributed by atoms with Crippen LogP contribution in [0, 0.1) is 6.92 Å². The van der Waals surface area contributed by atoms with E-state index in [1.165, 1.54) is 11.8 Å². The Labute approximate surface area is 179 Å². The zero-order valence-corrected chi connectivity index (χ0v) is 18.1. The fourth-order valence-corrected chi connectivity index (χ4v) is 3.68. The zero-order chi connectivity index (χ0) is 20.3. The summed E-state index contributed by atoms with van der Waals surface area (Å²) in [7, 11) is 0. The van der Waals surface area contributed by atoms with Gasteiger partial charge in [-0.2, -0.15) is 0 Å². The van der Waals surface area contributed by atoms with Crippen LogP contribution in [0.25, 0.3) is 6.08 Å². The second-order valence-electron chi connectivity index (χ2n) is 6.44. The maximum atomic E-state index is 12.3. The molecule has 0 radical (unpaired) electrons. The smallest absolute Gasteiger partial charge is 0.264 e. The standard InChI is InChI=1S/C21H20Cl2N2O2S/c1-4-13(3)27-18-8-6-14(9-16(18)23)10-19-20(26)25-21(28-19)24-17-11-15(22)7-5-12(17)2/h5-11,13H,4H2,1-3H3,(H,24,25,26)/b19-10-/t13-/m1/s1. The van der Waals surface area contributed by atoms with E-state index in [1.807, 2.05) is 38.1 Å². The van der Waals surface area contributed by atoms with Gasteiger partial charge in [0.1, 0.15) is 5.75 Å². The summed E-state index contributed by atoms with van der Waals surface area (Å²) >= 11 is 13.6. The van der Waals surface area contributed by atoms with Gasteiger partial charge in [0.2, 0.25) is 0 Å². The number of hydrogen-bond acceptors (Lipinski definition) is 4. The molecule has 1 aliphatic rings. The second kappa shape index (κ2) is 9.03. The van der Waals surface area contributed by atoms with Crippen molar-refractivity contribution >= 4 is 57.8 Å². The third-order valence-electron chi connectivity index (χ3n) is 4.20. The first-order valence-corrected chi connectivity index (χ1v) is 10.4. The Balaban J connectivity index is 1.80. The number of aliphatic imine (C=N–C) groups is 1. The molecule has 0 saturated carbocycles. The van der Waals surface area contributed by atoms with Gasteiger partial charge in [0.05, 0.1) is 21.7 Å². The summed E-state index contributed by atoms with van der Waals surface area (Å²) in [5, 5.41) is 4.42. The van der Waals surface area contributed by atoms with Gasteiger partial charge < -0.3 is 10.1 Å². The van der Waals surface area contributed by atoms with E-state index in [4.69, 9.17) is 27.9 Å². The van der Waals surface area contributed by atoms with Crippen LogP contribution in [0.3, 0.4) is 0 Å². The summed E-state index contributed by atoms with van der Waals surface area (Å²) < 4.78 is 5.78. The van der Waals surface area contributed by atoms with Gasteiger partial charge >= 0.3 is 0 Å². The highest BCUT2D eigenvalue weighted by Gasteiger charge is 2.24.